The number of hydrogen-bond acceptors (Lipinski definition) is 5. The van der Waals surface area contributed by atoms with E-state index < -0.39 is 23.0 Å². The first-order valence-electron chi connectivity index (χ1n) is 9.29. The lowest BCUT2D eigenvalue weighted by molar-refractivity contribution is -0.114. The van der Waals surface area contributed by atoms with Gasteiger partial charge in [0.2, 0.25) is 5.88 Å². The van der Waals surface area contributed by atoms with Crippen molar-refractivity contribution in [2.45, 2.75) is 13.8 Å². The predicted molar refractivity (Wildman–Crippen MR) is 119 cm³/mol. The Morgan fingerprint density at radius 3 is 2.52 bits per heavy atom. The van der Waals surface area contributed by atoms with E-state index in [0.717, 1.165) is 10.1 Å². The molecule has 156 valence electrons. The van der Waals surface area contributed by atoms with Crippen LogP contribution in [0, 0.1) is 6.92 Å². The highest BCUT2D eigenvalue weighted by molar-refractivity contribution is 6.32. The van der Waals surface area contributed by atoms with Crippen molar-refractivity contribution in [1.82, 2.24) is 9.55 Å². The second-order valence-corrected chi connectivity index (χ2v) is 7.40. The van der Waals surface area contributed by atoms with Crippen LogP contribution < -0.4 is 16.3 Å². The van der Waals surface area contributed by atoms with Crippen LogP contribution in [0.25, 0.3) is 11.8 Å². The number of halogens is 1. The number of anilines is 1. The average molecular weight is 437 g/mol. The molecule has 0 saturated carbocycles. The molecule has 0 radical (unpaired) electrons. The van der Waals surface area contributed by atoms with Gasteiger partial charge in [0.15, 0.2) is 0 Å². The number of carbonyl (C=O) groups is 1. The number of aryl methyl sites for hydroxylation is 1. The lowest BCUT2D eigenvalue weighted by Crippen LogP contribution is -2.30. The van der Waals surface area contributed by atoms with E-state index in [-0.39, 0.29) is 16.8 Å². The molecule has 0 atom stereocenters. The molecule has 0 aliphatic carbocycles. The zero-order valence-electron chi connectivity index (χ0n) is 16.6. The molecule has 9 heteroatoms. The number of rotatable bonds is 3. The first kappa shape index (κ1) is 20.4. The number of nitrogens with one attached hydrogen (secondary N) is 1. The molecule has 0 fully saturated rings. The van der Waals surface area contributed by atoms with Crippen molar-refractivity contribution in [2.24, 2.45) is 5.10 Å². The Morgan fingerprint density at radius 1 is 1.06 bits per heavy atom. The van der Waals surface area contributed by atoms with E-state index in [1.54, 1.807) is 37.3 Å². The molecule has 0 bridgehead atoms. The monoisotopic (exact) mass is 436 g/mol. The van der Waals surface area contributed by atoms with Crippen molar-refractivity contribution in [3.63, 3.8) is 0 Å². The molecule has 0 spiro atoms. The summed E-state index contributed by atoms with van der Waals surface area (Å²) < 4.78 is 0.907. The molecule has 31 heavy (non-hydrogen) atoms. The third kappa shape index (κ3) is 3.57. The van der Waals surface area contributed by atoms with Crippen molar-refractivity contribution < 1.29 is 9.90 Å². The van der Waals surface area contributed by atoms with Gasteiger partial charge in [0.25, 0.3) is 11.5 Å². The van der Waals surface area contributed by atoms with E-state index >= 15 is 0 Å². The first-order valence-corrected chi connectivity index (χ1v) is 9.67. The molecule has 1 aliphatic heterocycles. The molecule has 1 amide bonds. The molecule has 2 heterocycles. The van der Waals surface area contributed by atoms with Gasteiger partial charge in [-0.25, -0.2) is 9.36 Å². The van der Waals surface area contributed by atoms with Crippen LogP contribution in [0.1, 0.15) is 18.1 Å². The number of para-hydroxylation sites is 1. The van der Waals surface area contributed by atoms with E-state index in [4.69, 9.17) is 11.6 Å². The zero-order chi connectivity index (χ0) is 22.3. The van der Waals surface area contributed by atoms with E-state index in [1.165, 1.54) is 17.2 Å². The Labute approximate surface area is 181 Å². The number of carbonyl (C=O) groups excluding carboxylic acids is 1. The van der Waals surface area contributed by atoms with Crippen LogP contribution in [-0.2, 0) is 4.79 Å². The van der Waals surface area contributed by atoms with E-state index in [1.807, 2.05) is 19.1 Å². The maximum absolute atomic E-state index is 13.0. The number of benzene rings is 2. The van der Waals surface area contributed by atoms with Crippen molar-refractivity contribution in [3.8, 4) is 11.6 Å². The number of nitrogens with zero attached hydrogens (tertiary/aromatic N) is 3. The number of H-pyrrole nitrogens is 1. The topological polar surface area (TPSA) is 108 Å². The van der Waals surface area contributed by atoms with Crippen molar-refractivity contribution in [3.05, 3.63) is 91.1 Å². The second kappa shape index (κ2) is 7.73. The Balaban J connectivity index is 1.85. The first-order chi connectivity index (χ1) is 14.8. The van der Waals surface area contributed by atoms with E-state index in [0.29, 0.717) is 16.4 Å². The Morgan fingerprint density at radius 2 is 1.81 bits per heavy atom. The van der Waals surface area contributed by atoms with Crippen LogP contribution >= 0.6 is 11.6 Å². The molecule has 1 aromatic heterocycles. The summed E-state index contributed by atoms with van der Waals surface area (Å²) in [6.07, 6.45) is 1.23. The standard InChI is InChI=1S/C22H17ClN4O4/c1-12-6-3-4-9-18(12)27-21(30)16(13(2)25-27)11-17-19(28)24-22(31)26(20(17)29)15-8-5-7-14(23)10-15/h3-11,29H,1-2H3,(H,24,28,31)/b16-11-. The molecule has 2 N–H and O–H groups in total. The van der Waals surface area contributed by atoms with Gasteiger partial charge in [-0.05, 0) is 49.8 Å². The molecule has 0 saturated heterocycles. The molecular formula is C22H17ClN4O4. The number of hydrazone groups is 1. The smallest absolute Gasteiger partial charge is 0.335 e. The highest BCUT2D eigenvalue weighted by Gasteiger charge is 2.30. The summed E-state index contributed by atoms with van der Waals surface area (Å²) in [6.45, 7) is 3.48. The van der Waals surface area contributed by atoms with Gasteiger partial charge in [-0.2, -0.15) is 10.1 Å². The number of aromatic nitrogens is 2. The summed E-state index contributed by atoms with van der Waals surface area (Å²) in [5, 5.41) is 16.6. The van der Waals surface area contributed by atoms with Gasteiger partial charge in [-0.3, -0.25) is 14.6 Å². The summed E-state index contributed by atoms with van der Waals surface area (Å²) in [6, 6.07) is 13.5. The minimum atomic E-state index is -0.836. The number of aromatic hydroxyl groups is 1. The molecule has 8 nitrogen and oxygen atoms in total. The molecular weight excluding hydrogens is 420 g/mol. The van der Waals surface area contributed by atoms with Crippen molar-refractivity contribution >= 4 is 35.0 Å². The maximum Gasteiger partial charge on any atom is 0.335 e. The lowest BCUT2D eigenvalue weighted by atomic mass is 10.1. The van der Waals surface area contributed by atoms with E-state index in [9.17, 15) is 19.5 Å². The average Bonchev–Trinajstić information content (AvgIpc) is 2.99. The highest BCUT2D eigenvalue weighted by atomic mass is 35.5. The van der Waals surface area contributed by atoms with Gasteiger partial charge in [-0.1, -0.05) is 35.9 Å². The second-order valence-electron chi connectivity index (χ2n) is 6.96. The van der Waals surface area contributed by atoms with Crippen LogP contribution in [0.3, 0.4) is 0 Å². The SMILES string of the molecule is CC1=NN(c2ccccc2C)C(=O)/C1=C\c1c(O)n(-c2cccc(Cl)c2)c(=O)[nH]c1=O. The van der Waals surface area contributed by atoms with Crippen LogP contribution in [-0.4, -0.2) is 26.3 Å². The van der Waals surface area contributed by atoms with Gasteiger partial charge in [0.1, 0.15) is 5.56 Å². The third-order valence-electron chi connectivity index (χ3n) is 4.88. The molecule has 4 rings (SSSR count). The Kier molecular flexibility index (Phi) is 5.08. The highest BCUT2D eigenvalue weighted by Crippen LogP contribution is 2.28. The quantitative estimate of drug-likeness (QED) is 0.615. The minimum absolute atomic E-state index is 0.125. The fourth-order valence-electron chi connectivity index (χ4n) is 3.32. The van der Waals surface area contributed by atoms with Crippen LogP contribution in [0.2, 0.25) is 5.02 Å². The summed E-state index contributed by atoms with van der Waals surface area (Å²) >= 11 is 5.99. The molecule has 1 aliphatic rings. The Hall–Kier alpha value is -3.91. The molecule has 3 aromatic rings. The minimum Gasteiger partial charge on any atom is -0.494 e. The van der Waals surface area contributed by atoms with Crippen LogP contribution in [0.15, 0.2) is 68.8 Å². The number of amides is 1. The van der Waals surface area contributed by atoms with Crippen LogP contribution in [0.4, 0.5) is 5.69 Å². The molecule has 0 unspecified atom stereocenters. The van der Waals surface area contributed by atoms with Gasteiger partial charge in [0.05, 0.1) is 22.7 Å². The number of hydrogen-bond donors (Lipinski definition) is 2. The molecule has 2 aromatic carbocycles. The van der Waals surface area contributed by atoms with Crippen LogP contribution in [0.5, 0.6) is 5.88 Å². The largest absolute Gasteiger partial charge is 0.494 e. The predicted octanol–water partition coefficient (Wildman–Crippen LogP) is 3.00. The summed E-state index contributed by atoms with van der Waals surface area (Å²) in [4.78, 5) is 40.0. The number of aromatic amines is 1. The summed E-state index contributed by atoms with van der Waals surface area (Å²) in [7, 11) is 0. The van der Waals surface area contributed by atoms with E-state index in [2.05, 4.69) is 10.1 Å². The summed E-state index contributed by atoms with van der Waals surface area (Å²) in [5.74, 6) is -1.07. The maximum atomic E-state index is 13.0. The Bertz CT molecular complexity index is 1400. The fraction of sp³-hybridized carbons (Fsp3) is 0.0909. The normalized spacial score (nSPS) is 14.9. The van der Waals surface area contributed by atoms with Gasteiger partial charge in [-0.15, -0.1) is 0 Å². The lowest BCUT2D eigenvalue weighted by Gasteiger charge is -2.14. The van der Waals surface area contributed by atoms with Gasteiger partial charge in [0, 0.05) is 5.02 Å². The third-order valence-corrected chi connectivity index (χ3v) is 5.12. The van der Waals surface area contributed by atoms with Crippen molar-refractivity contribution in [2.75, 3.05) is 5.01 Å². The van der Waals surface area contributed by atoms with Gasteiger partial charge >= 0.3 is 5.69 Å². The van der Waals surface area contributed by atoms with Crippen molar-refractivity contribution in [1.29, 1.82) is 0 Å². The fourth-order valence-corrected chi connectivity index (χ4v) is 3.50. The zero-order valence-corrected chi connectivity index (χ0v) is 17.3. The summed E-state index contributed by atoms with van der Waals surface area (Å²) in [5.41, 5.74) is 0.300. The van der Waals surface area contributed by atoms with Gasteiger partial charge < -0.3 is 5.11 Å².